The number of aliphatic hydroxyl groups is 1. The van der Waals surface area contributed by atoms with Gasteiger partial charge in [-0.15, -0.1) is 0 Å². The van der Waals surface area contributed by atoms with Gasteiger partial charge in [0.15, 0.2) is 0 Å². The van der Waals surface area contributed by atoms with Crippen molar-refractivity contribution in [3.63, 3.8) is 0 Å². The zero-order valence-corrected chi connectivity index (χ0v) is 6.48. The fourth-order valence-corrected chi connectivity index (χ4v) is 1.46. The van der Waals surface area contributed by atoms with Gasteiger partial charge in [-0.05, 0) is 19.9 Å². The van der Waals surface area contributed by atoms with Gasteiger partial charge in [0.05, 0.1) is 0 Å². The molecule has 1 saturated carbocycles. The highest BCUT2D eigenvalue weighted by molar-refractivity contribution is 4.90. The first kappa shape index (κ1) is 8.87. The van der Waals surface area contributed by atoms with Gasteiger partial charge in [0.25, 0.3) is 5.92 Å². The zero-order chi connectivity index (χ0) is 8.48. The topological polar surface area (TPSA) is 32.3 Å². The smallest absolute Gasteiger partial charge is 0.274 e. The van der Waals surface area contributed by atoms with E-state index in [2.05, 4.69) is 5.32 Å². The van der Waals surface area contributed by atoms with E-state index in [-0.39, 0.29) is 6.42 Å². The van der Waals surface area contributed by atoms with Crippen LogP contribution >= 0.6 is 0 Å². The summed E-state index contributed by atoms with van der Waals surface area (Å²) in [5.41, 5.74) is 0. The van der Waals surface area contributed by atoms with Crippen LogP contribution in [-0.2, 0) is 0 Å². The molecule has 0 heterocycles. The molecule has 2 N–H and O–H groups in total. The number of hydrogen-bond donors (Lipinski definition) is 2. The number of halogens is 2. The maximum absolute atomic E-state index is 12.7. The van der Waals surface area contributed by atoms with E-state index < -0.39 is 18.1 Å². The lowest BCUT2D eigenvalue weighted by atomic mass is 9.89. The number of aliphatic hydroxyl groups excluding tert-OH is 1. The molecule has 66 valence electrons. The zero-order valence-electron chi connectivity index (χ0n) is 6.48. The third kappa shape index (κ3) is 1.68. The molecule has 0 amide bonds. The number of hydrogen-bond acceptors (Lipinski definition) is 2. The SMILES string of the molecule is CNC1CCCC(F)(F)C1O. The van der Waals surface area contributed by atoms with Crippen LogP contribution in [0.15, 0.2) is 0 Å². The summed E-state index contributed by atoms with van der Waals surface area (Å²) in [7, 11) is 1.59. The van der Waals surface area contributed by atoms with Crippen molar-refractivity contribution in [1.29, 1.82) is 0 Å². The summed E-state index contributed by atoms with van der Waals surface area (Å²) >= 11 is 0. The molecule has 1 fully saturated rings. The Hall–Kier alpha value is -0.220. The Morgan fingerprint density at radius 2 is 2.18 bits per heavy atom. The van der Waals surface area contributed by atoms with E-state index >= 15 is 0 Å². The van der Waals surface area contributed by atoms with Crippen molar-refractivity contribution in [2.75, 3.05) is 7.05 Å². The molecule has 11 heavy (non-hydrogen) atoms. The van der Waals surface area contributed by atoms with Crippen LogP contribution in [0.5, 0.6) is 0 Å². The third-order valence-electron chi connectivity index (χ3n) is 2.21. The Morgan fingerprint density at radius 3 is 2.64 bits per heavy atom. The molecule has 4 heteroatoms. The van der Waals surface area contributed by atoms with Crippen molar-refractivity contribution in [2.24, 2.45) is 0 Å². The molecule has 0 aromatic rings. The molecular formula is C7H13F2NO. The fourth-order valence-electron chi connectivity index (χ4n) is 1.46. The first-order valence-corrected chi connectivity index (χ1v) is 3.81. The van der Waals surface area contributed by atoms with E-state index in [0.717, 1.165) is 0 Å². The standard InChI is InChI=1S/C7H13F2NO/c1-10-5-3-2-4-7(8,9)6(5)11/h5-6,10-11H,2-4H2,1H3. The molecule has 0 bridgehead atoms. The number of nitrogens with one attached hydrogen (secondary N) is 1. The van der Waals surface area contributed by atoms with Gasteiger partial charge in [0.1, 0.15) is 6.10 Å². The summed E-state index contributed by atoms with van der Waals surface area (Å²) in [6.07, 6.45) is -0.587. The summed E-state index contributed by atoms with van der Waals surface area (Å²) < 4.78 is 25.5. The molecule has 2 atom stereocenters. The predicted molar refractivity (Wildman–Crippen MR) is 37.7 cm³/mol. The summed E-state index contributed by atoms with van der Waals surface area (Å²) in [5.74, 6) is -2.90. The summed E-state index contributed by atoms with van der Waals surface area (Å²) in [4.78, 5) is 0. The maximum Gasteiger partial charge on any atom is 0.274 e. The Balaban J connectivity index is 2.60. The molecular weight excluding hydrogens is 152 g/mol. The molecule has 1 aliphatic rings. The first-order valence-electron chi connectivity index (χ1n) is 3.81. The normalized spacial score (nSPS) is 37.1. The van der Waals surface area contributed by atoms with E-state index in [4.69, 9.17) is 5.11 Å². The number of likely N-dealkylation sites (N-methyl/N-ethyl adjacent to an activating group) is 1. The second-order valence-electron chi connectivity index (χ2n) is 2.99. The first-order chi connectivity index (χ1) is 5.08. The Kier molecular flexibility index (Phi) is 2.44. The van der Waals surface area contributed by atoms with Gasteiger partial charge >= 0.3 is 0 Å². The summed E-state index contributed by atoms with van der Waals surface area (Å²) in [5, 5.41) is 11.8. The van der Waals surface area contributed by atoms with Crippen LogP contribution in [0.4, 0.5) is 8.78 Å². The highest BCUT2D eigenvalue weighted by atomic mass is 19.3. The lowest BCUT2D eigenvalue weighted by Crippen LogP contribution is -2.51. The largest absolute Gasteiger partial charge is 0.385 e. The third-order valence-corrected chi connectivity index (χ3v) is 2.21. The molecule has 0 aromatic carbocycles. The van der Waals surface area contributed by atoms with Crippen LogP contribution in [0.1, 0.15) is 19.3 Å². The van der Waals surface area contributed by atoms with E-state index in [1.807, 2.05) is 0 Å². The van der Waals surface area contributed by atoms with Gasteiger partial charge in [-0.2, -0.15) is 0 Å². The quantitative estimate of drug-likeness (QED) is 0.601. The monoisotopic (exact) mass is 165 g/mol. The van der Waals surface area contributed by atoms with Crippen molar-refractivity contribution >= 4 is 0 Å². The molecule has 1 aliphatic carbocycles. The molecule has 2 nitrogen and oxygen atoms in total. The van der Waals surface area contributed by atoms with Crippen LogP contribution in [0.2, 0.25) is 0 Å². The lowest BCUT2D eigenvalue weighted by molar-refractivity contribution is -0.142. The van der Waals surface area contributed by atoms with E-state index in [1.54, 1.807) is 7.05 Å². The number of alkyl halides is 2. The Labute approximate surface area is 64.6 Å². The van der Waals surface area contributed by atoms with E-state index in [9.17, 15) is 8.78 Å². The van der Waals surface area contributed by atoms with Crippen molar-refractivity contribution in [3.8, 4) is 0 Å². The van der Waals surface area contributed by atoms with Gasteiger partial charge in [-0.25, -0.2) is 8.78 Å². The van der Waals surface area contributed by atoms with Gasteiger partial charge in [-0.3, -0.25) is 0 Å². The Morgan fingerprint density at radius 1 is 1.55 bits per heavy atom. The van der Waals surface area contributed by atoms with Crippen molar-refractivity contribution in [1.82, 2.24) is 5.32 Å². The molecule has 0 saturated heterocycles. The predicted octanol–water partition coefficient (Wildman–Crippen LogP) is 0.754. The maximum atomic E-state index is 12.7. The van der Waals surface area contributed by atoms with Crippen LogP contribution in [0, 0.1) is 0 Å². The average molecular weight is 165 g/mol. The molecule has 2 unspecified atom stereocenters. The molecule has 0 aromatic heterocycles. The second-order valence-corrected chi connectivity index (χ2v) is 2.99. The summed E-state index contributed by atoms with van der Waals surface area (Å²) in [6, 6.07) is -0.446. The molecule has 1 rings (SSSR count). The number of rotatable bonds is 1. The van der Waals surface area contributed by atoms with Crippen molar-refractivity contribution in [3.05, 3.63) is 0 Å². The molecule has 0 spiro atoms. The lowest BCUT2D eigenvalue weighted by Gasteiger charge is -2.34. The van der Waals surface area contributed by atoms with Gasteiger partial charge in [0.2, 0.25) is 0 Å². The summed E-state index contributed by atoms with van der Waals surface area (Å²) in [6.45, 7) is 0. The van der Waals surface area contributed by atoms with E-state index in [0.29, 0.717) is 12.8 Å². The highest BCUT2D eigenvalue weighted by Crippen LogP contribution is 2.33. The van der Waals surface area contributed by atoms with E-state index in [1.165, 1.54) is 0 Å². The molecule has 0 radical (unpaired) electrons. The van der Waals surface area contributed by atoms with Gasteiger partial charge < -0.3 is 10.4 Å². The Bertz CT molecular complexity index is 140. The second kappa shape index (κ2) is 3.03. The van der Waals surface area contributed by atoms with Crippen molar-refractivity contribution < 1.29 is 13.9 Å². The van der Waals surface area contributed by atoms with Crippen LogP contribution < -0.4 is 5.32 Å². The van der Waals surface area contributed by atoms with Gasteiger partial charge in [0, 0.05) is 12.5 Å². The van der Waals surface area contributed by atoms with Crippen LogP contribution in [0.3, 0.4) is 0 Å². The van der Waals surface area contributed by atoms with Crippen LogP contribution in [0.25, 0.3) is 0 Å². The molecule has 0 aliphatic heterocycles. The minimum Gasteiger partial charge on any atom is -0.385 e. The fraction of sp³-hybridized carbons (Fsp3) is 1.00. The highest BCUT2D eigenvalue weighted by Gasteiger charge is 2.45. The minimum absolute atomic E-state index is 0.188. The average Bonchev–Trinajstić information content (AvgIpc) is 1.95. The van der Waals surface area contributed by atoms with Crippen molar-refractivity contribution in [2.45, 2.75) is 37.3 Å². The van der Waals surface area contributed by atoms with Gasteiger partial charge in [-0.1, -0.05) is 0 Å². The van der Waals surface area contributed by atoms with Crippen LogP contribution in [-0.4, -0.2) is 30.2 Å². The minimum atomic E-state index is -2.90.